The summed E-state index contributed by atoms with van der Waals surface area (Å²) in [5.41, 5.74) is 0.747. The topological polar surface area (TPSA) is 47.0 Å². The monoisotopic (exact) mass is 355 g/mol. The van der Waals surface area contributed by atoms with E-state index in [1.165, 1.54) is 19.3 Å². The molecule has 1 N–H and O–H groups in total. The molecule has 0 spiro atoms. The van der Waals surface area contributed by atoms with E-state index in [-0.39, 0.29) is 5.60 Å². The molecule has 0 bridgehead atoms. The Bertz CT molecular complexity index is 479. The van der Waals surface area contributed by atoms with Crippen molar-refractivity contribution in [2.45, 2.75) is 64.4 Å². The van der Waals surface area contributed by atoms with Crippen LogP contribution < -0.4 is 5.32 Å². The molecule has 5 heteroatoms. The predicted octanol–water partition coefficient (Wildman–Crippen LogP) is 4.60. The van der Waals surface area contributed by atoms with E-state index in [0.29, 0.717) is 12.5 Å². The molecule has 118 valence electrons. The summed E-state index contributed by atoms with van der Waals surface area (Å²) in [5.74, 6) is 2.05. The lowest BCUT2D eigenvalue weighted by atomic mass is 9.83. The number of nitrogens with zero attached hydrogens (tertiary/aromatic N) is 2. The Hall–Kier alpha value is -0.680. The van der Waals surface area contributed by atoms with Crippen LogP contribution in [0, 0.1) is 0 Å². The summed E-state index contributed by atoms with van der Waals surface area (Å²) >= 11 is 3.63. The highest BCUT2D eigenvalue weighted by Crippen LogP contribution is 2.41. The minimum atomic E-state index is -0.303. The van der Waals surface area contributed by atoms with Crippen molar-refractivity contribution < 1.29 is 4.74 Å². The van der Waals surface area contributed by atoms with Gasteiger partial charge in [0.25, 0.3) is 0 Å². The lowest BCUT2D eigenvalue weighted by molar-refractivity contribution is -0.0767. The highest BCUT2D eigenvalue weighted by atomic mass is 79.9. The molecule has 1 saturated carbocycles. The normalized spacial score (nSPS) is 18.0. The SMILES string of the molecule is CCOC1(c2nc(NC)c(Br)c(C(C)C)n2)CCCCC1. The molecule has 1 fully saturated rings. The van der Waals surface area contributed by atoms with Crippen LogP contribution >= 0.6 is 15.9 Å². The van der Waals surface area contributed by atoms with Gasteiger partial charge in [-0.1, -0.05) is 33.1 Å². The summed E-state index contributed by atoms with van der Waals surface area (Å²) in [7, 11) is 1.90. The summed E-state index contributed by atoms with van der Waals surface area (Å²) in [6, 6.07) is 0. The maximum Gasteiger partial charge on any atom is 0.162 e. The highest BCUT2D eigenvalue weighted by Gasteiger charge is 2.38. The van der Waals surface area contributed by atoms with Crippen LogP contribution in [-0.2, 0) is 10.3 Å². The molecular weight excluding hydrogens is 330 g/mol. The Balaban J connectivity index is 2.51. The maximum absolute atomic E-state index is 6.16. The average molecular weight is 356 g/mol. The van der Waals surface area contributed by atoms with E-state index in [0.717, 1.165) is 34.7 Å². The van der Waals surface area contributed by atoms with Gasteiger partial charge < -0.3 is 10.1 Å². The molecule has 1 heterocycles. The molecule has 0 aromatic carbocycles. The van der Waals surface area contributed by atoms with Crippen molar-refractivity contribution in [3.63, 3.8) is 0 Å². The molecule has 4 nitrogen and oxygen atoms in total. The van der Waals surface area contributed by atoms with Crippen LogP contribution in [0.25, 0.3) is 0 Å². The second-order valence-corrected chi connectivity index (χ2v) is 6.78. The van der Waals surface area contributed by atoms with Crippen molar-refractivity contribution in [3.05, 3.63) is 16.0 Å². The van der Waals surface area contributed by atoms with Gasteiger partial charge >= 0.3 is 0 Å². The van der Waals surface area contributed by atoms with E-state index in [1.807, 2.05) is 7.05 Å². The summed E-state index contributed by atoms with van der Waals surface area (Å²) in [6.07, 6.45) is 5.68. The lowest BCUT2D eigenvalue weighted by Crippen LogP contribution is -2.35. The van der Waals surface area contributed by atoms with Crippen molar-refractivity contribution in [1.82, 2.24) is 9.97 Å². The van der Waals surface area contributed by atoms with E-state index in [4.69, 9.17) is 14.7 Å². The number of hydrogen-bond acceptors (Lipinski definition) is 4. The third-order valence-electron chi connectivity index (χ3n) is 4.15. The Kier molecular flexibility index (Phi) is 5.60. The van der Waals surface area contributed by atoms with Gasteiger partial charge in [0.15, 0.2) is 5.82 Å². The van der Waals surface area contributed by atoms with Crippen molar-refractivity contribution in [2.24, 2.45) is 0 Å². The van der Waals surface area contributed by atoms with Crippen LogP contribution in [0.3, 0.4) is 0 Å². The third-order valence-corrected chi connectivity index (χ3v) is 4.93. The molecule has 0 saturated heterocycles. The van der Waals surface area contributed by atoms with Gasteiger partial charge in [-0.3, -0.25) is 0 Å². The van der Waals surface area contributed by atoms with E-state index in [1.54, 1.807) is 0 Å². The van der Waals surface area contributed by atoms with Crippen molar-refractivity contribution in [1.29, 1.82) is 0 Å². The van der Waals surface area contributed by atoms with Gasteiger partial charge in [0, 0.05) is 13.7 Å². The number of nitrogens with one attached hydrogen (secondary N) is 1. The number of halogens is 1. The first-order chi connectivity index (χ1) is 10.0. The zero-order valence-corrected chi connectivity index (χ0v) is 15.1. The summed E-state index contributed by atoms with van der Waals surface area (Å²) in [4.78, 5) is 9.63. The molecule has 1 aliphatic carbocycles. The molecule has 0 amide bonds. The molecule has 0 unspecified atom stereocenters. The standard InChI is InChI=1S/C16H26BrN3O/c1-5-21-16(9-7-6-8-10-16)15-19-13(11(2)3)12(17)14(18-4)20-15/h11H,5-10H2,1-4H3,(H,18,19,20). The number of anilines is 1. The van der Waals surface area contributed by atoms with E-state index in [2.05, 4.69) is 42.0 Å². The molecule has 0 atom stereocenters. The molecule has 0 aliphatic heterocycles. The minimum absolute atomic E-state index is 0.303. The molecule has 2 rings (SSSR count). The molecule has 1 aromatic heterocycles. The average Bonchev–Trinajstić information content (AvgIpc) is 2.48. The molecular formula is C16H26BrN3O. The Labute approximate surface area is 136 Å². The summed E-state index contributed by atoms with van der Waals surface area (Å²) in [6.45, 7) is 7.07. The summed E-state index contributed by atoms with van der Waals surface area (Å²) in [5, 5.41) is 3.18. The highest BCUT2D eigenvalue weighted by molar-refractivity contribution is 9.10. The van der Waals surface area contributed by atoms with Crippen LogP contribution in [0.2, 0.25) is 0 Å². The number of hydrogen-bond donors (Lipinski definition) is 1. The quantitative estimate of drug-likeness (QED) is 0.838. The second kappa shape index (κ2) is 7.05. The van der Waals surface area contributed by atoms with Gasteiger partial charge in [0.05, 0.1) is 10.2 Å². The fourth-order valence-electron chi connectivity index (χ4n) is 3.05. The molecule has 1 aliphatic rings. The first-order valence-corrected chi connectivity index (χ1v) is 8.73. The number of aromatic nitrogens is 2. The van der Waals surface area contributed by atoms with E-state index in [9.17, 15) is 0 Å². The van der Waals surface area contributed by atoms with Gasteiger partial charge in [0.1, 0.15) is 11.4 Å². The maximum atomic E-state index is 6.16. The Morgan fingerprint density at radius 1 is 1.24 bits per heavy atom. The van der Waals surface area contributed by atoms with Gasteiger partial charge in [-0.15, -0.1) is 0 Å². The van der Waals surface area contributed by atoms with Crippen LogP contribution in [0.15, 0.2) is 4.47 Å². The van der Waals surface area contributed by atoms with Crippen LogP contribution in [0.1, 0.15) is 70.3 Å². The smallest absolute Gasteiger partial charge is 0.162 e. The third kappa shape index (κ3) is 3.39. The van der Waals surface area contributed by atoms with Gasteiger partial charge in [-0.05, 0) is 41.6 Å². The number of rotatable bonds is 5. The molecule has 21 heavy (non-hydrogen) atoms. The van der Waals surface area contributed by atoms with Crippen LogP contribution in [0.5, 0.6) is 0 Å². The van der Waals surface area contributed by atoms with Gasteiger partial charge in [0.2, 0.25) is 0 Å². The minimum Gasteiger partial charge on any atom is -0.372 e. The van der Waals surface area contributed by atoms with Crippen molar-refractivity contribution in [2.75, 3.05) is 19.0 Å². The Morgan fingerprint density at radius 2 is 1.90 bits per heavy atom. The van der Waals surface area contributed by atoms with Crippen LogP contribution in [0.4, 0.5) is 5.82 Å². The first-order valence-electron chi connectivity index (χ1n) is 7.93. The van der Waals surface area contributed by atoms with Crippen molar-refractivity contribution in [3.8, 4) is 0 Å². The lowest BCUT2D eigenvalue weighted by Gasteiger charge is -2.36. The van der Waals surface area contributed by atoms with Crippen LogP contribution in [-0.4, -0.2) is 23.6 Å². The fourth-order valence-corrected chi connectivity index (χ4v) is 3.88. The zero-order chi connectivity index (χ0) is 15.5. The second-order valence-electron chi connectivity index (χ2n) is 5.99. The van der Waals surface area contributed by atoms with Crippen molar-refractivity contribution >= 4 is 21.7 Å². The fraction of sp³-hybridized carbons (Fsp3) is 0.750. The van der Waals surface area contributed by atoms with Gasteiger partial charge in [-0.25, -0.2) is 9.97 Å². The van der Waals surface area contributed by atoms with Gasteiger partial charge in [-0.2, -0.15) is 0 Å². The van der Waals surface area contributed by atoms with E-state index < -0.39 is 0 Å². The summed E-state index contributed by atoms with van der Waals surface area (Å²) < 4.78 is 7.13. The molecule has 0 radical (unpaired) electrons. The zero-order valence-electron chi connectivity index (χ0n) is 13.5. The predicted molar refractivity (Wildman–Crippen MR) is 89.8 cm³/mol. The first kappa shape index (κ1) is 16.7. The Morgan fingerprint density at radius 3 is 2.43 bits per heavy atom. The number of ether oxygens (including phenoxy) is 1. The largest absolute Gasteiger partial charge is 0.372 e. The molecule has 1 aromatic rings. The van der Waals surface area contributed by atoms with E-state index >= 15 is 0 Å².